The molecule has 0 aliphatic heterocycles. The highest BCUT2D eigenvalue weighted by Crippen LogP contribution is 2.23. The van der Waals surface area contributed by atoms with Crippen molar-refractivity contribution in [3.63, 3.8) is 0 Å². The molecular weight excluding hydrogens is 222 g/mol. The Kier molecular flexibility index (Phi) is 3.86. The molecule has 0 amide bonds. The van der Waals surface area contributed by atoms with E-state index in [1.165, 1.54) is 30.4 Å². The van der Waals surface area contributed by atoms with Gasteiger partial charge in [-0.1, -0.05) is 18.2 Å². The van der Waals surface area contributed by atoms with Gasteiger partial charge in [-0.2, -0.15) is 0 Å². The van der Waals surface area contributed by atoms with Crippen molar-refractivity contribution in [2.75, 3.05) is 0 Å². The molecule has 0 saturated heterocycles. The van der Waals surface area contributed by atoms with Gasteiger partial charge in [0, 0.05) is 18.4 Å². The Morgan fingerprint density at radius 2 is 2.00 bits per heavy atom. The van der Waals surface area contributed by atoms with Crippen molar-refractivity contribution in [3.05, 3.63) is 34.9 Å². The van der Waals surface area contributed by atoms with Crippen molar-refractivity contribution in [1.82, 2.24) is 0 Å². The zero-order valence-electron chi connectivity index (χ0n) is 11.5. The first kappa shape index (κ1) is 13.3. The lowest BCUT2D eigenvalue weighted by molar-refractivity contribution is -0.118. The lowest BCUT2D eigenvalue weighted by atomic mass is 9.95. The number of hydrogen-bond acceptors (Lipinski definition) is 2. The van der Waals surface area contributed by atoms with E-state index in [1.54, 1.807) is 0 Å². The second-order valence-electron chi connectivity index (χ2n) is 6.16. The topological polar surface area (TPSA) is 43.1 Å². The Labute approximate surface area is 110 Å². The minimum Gasteiger partial charge on any atom is -0.326 e. The second-order valence-corrected chi connectivity index (χ2v) is 6.16. The minimum absolute atomic E-state index is 0.242. The first-order valence-corrected chi connectivity index (χ1v) is 6.85. The van der Waals surface area contributed by atoms with Gasteiger partial charge >= 0.3 is 0 Å². The lowest BCUT2D eigenvalue weighted by Gasteiger charge is -2.17. The Bertz CT molecular complexity index is 443. The summed E-state index contributed by atoms with van der Waals surface area (Å²) >= 11 is 0. The van der Waals surface area contributed by atoms with Crippen LogP contribution in [-0.4, -0.2) is 11.3 Å². The number of hydrogen-bond donors (Lipinski definition) is 1. The summed E-state index contributed by atoms with van der Waals surface area (Å²) in [5, 5.41) is 0. The summed E-state index contributed by atoms with van der Waals surface area (Å²) in [5.74, 6) is 0.298. The largest absolute Gasteiger partial charge is 0.326 e. The molecule has 1 aliphatic rings. The molecule has 1 aromatic carbocycles. The maximum atomic E-state index is 11.9. The Morgan fingerprint density at radius 1 is 1.28 bits per heavy atom. The van der Waals surface area contributed by atoms with Crippen molar-refractivity contribution in [2.24, 2.45) is 5.73 Å². The van der Waals surface area contributed by atoms with Crippen LogP contribution in [-0.2, 0) is 24.1 Å². The van der Waals surface area contributed by atoms with Crippen LogP contribution in [0.4, 0.5) is 0 Å². The Balaban J connectivity index is 1.91. The Morgan fingerprint density at radius 3 is 2.72 bits per heavy atom. The average molecular weight is 245 g/mol. The van der Waals surface area contributed by atoms with Crippen LogP contribution in [0.25, 0.3) is 0 Å². The summed E-state index contributed by atoms with van der Waals surface area (Å²) in [6, 6.07) is 6.52. The van der Waals surface area contributed by atoms with E-state index in [-0.39, 0.29) is 5.54 Å². The Hall–Kier alpha value is -1.15. The maximum Gasteiger partial charge on any atom is 0.137 e. The van der Waals surface area contributed by atoms with E-state index < -0.39 is 0 Å². The summed E-state index contributed by atoms with van der Waals surface area (Å²) in [6.45, 7) is 3.94. The number of rotatable bonds is 5. The highest BCUT2D eigenvalue weighted by molar-refractivity contribution is 5.81. The van der Waals surface area contributed by atoms with Gasteiger partial charge in [0.25, 0.3) is 0 Å². The van der Waals surface area contributed by atoms with E-state index >= 15 is 0 Å². The van der Waals surface area contributed by atoms with E-state index in [4.69, 9.17) is 5.73 Å². The molecule has 2 rings (SSSR count). The van der Waals surface area contributed by atoms with Gasteiger partial charge < -0.3 is 5.73 Å². The summed E-state index contributed by atoms with van der Waals surface area (Å²) in [6.07, 6.45) is 5.53. The van der Waals surface area contributed by atoms with Crippen LogP contribution in [0.3, 0.4) is 0 Å². The molecule has 0 heterocycles. The number of ketones is 1. The van der Waals surface area contributed by atoms with Crippen LogP contribution >= 0.6 is 0 Å². The van der Waals surface area contributed by atoms with Crippen LogP contribution in [0, 0.1) is 0 Å². The molecule has 0 radical (unpaired) electrons. The van der Waals surface area contributed by atoms with Gasteiger partial charge in [-0.05, 0) is 56.2 Å². The van der Waals surface area contributed by atoms with Gasteiger partial charge in [0.1, 0.15) is 5.78 Å². The average Bonchev–Trinajstić information content (AvgIpc) is 2.72. The third-order valence-corrected chi connectivity index (χ3v) is 3.61. The van der Waals surface area contributed by atoms with Crippen molar-refractivity contribution >= 4 is 5.78 Å². The van der Waals surface area contributed by atoms with Crippen molar-refractivity contribution in [3.8, 4) is 0 Å². The fourth-order valence-electron chi connectivity index (χ4n) is 2.51. The standard InChI is InChI=1S/C16H23NO/c1-16(2,17)9-8-15(18)11-12-6-7-13-4-3-5-14(13)10-12/h6-7,10H,3-5,8-9,11,17H2,1-2H3. The van der Waals surface area contributed by atoms with E-state index in [2.05, 4.69) is 18.2 Å². The molecule has 2 nitrogen and oxygen atoms in total. The smallest absolute Gasteiger partial charge is 0.137 e. The zero-order chi connectivity index (χ0) is 13.2. The first-order chi connectivity index (χ1) is 8.44. The zero-order valence-corrected chi connectivity index (χ0v) is 11.5. The second kappa shape index (κ2) is 5.23. The predicted octanol–water partition coefficient (Wildman–Crippen LogP) is 2.80. The van der Waals surface area contributed by atoms with Gasteiger partial charge in [0.15, 0.2) is 0 Å². The molecule has 18 heavy (non-hydrogen) atoms. The molecule has 0 saturated carbocycles. The van der Waals surface area contributed by atoms with Crippen LogP contribution in [0.2, 0.25) is 0 Å². The number of nitrogens with two attached hydrogens (primary N) is 1. The third kappa shape index (κ3) is 3.67. The van der Waals surface area contributed by atoms with Gasteiger partial charge in [-0.3, -0.25) is 4.79 Å². The highest BCUT2D eigenvalue weighted by Gasteiger charge is 2.15. The summed E-state index contributed by atoms with van der Waals surface area (Å²) in [5.41, 5.74) is 9.73. The maximum absolute atomic E-state index is 11.9. The SMILES string of the molecule is CC(C)(N)CCC(=O)Cc1ccc2c(c1)CCC2. The molecule has 0 atom stereocenters. The highest BCUT2D eigenvalue weighted by atomic mass is 16.1. The van der Waals surface area contributed by atoms with Crippen LogP contribution in [0.1, 0.15) is 49.8 Å². The fourth-order valence-corrected chi connectivity index (χ4v) is 2.51. The predicted molar refractivity (Wildman–Crippen MR) is 74.7 cm³/mol. The molecule has 1 aliphatic carbocycles. The molecular formula is C16H23NO. The molecule has 0 bridgehead atoms. The number of benzene rings is 1. The molecule has 0 fully saturated rings. The molecule has 98 valence electrons. The van der Waals surface area contributed by atoms with Gasteiger partial charge in [0.05, 0.1) is 0 Å². The molecule has 0 spiro atoms. The van der Waals surface area contributed by atoms with E-state index in [9.17, 15) is 4.79 Å². The summed E-state index contributed by atoms with van der Waals surface area (Å²) in [4.78, 5) is 11.9. The van der Waals surface area contributed by atoms with Crippen molar-refractivity contribution < 1.29 is 4.79 Å². The van der Waals surface area contributed by atoms with Crippen LogP contribution in [0.5, 0.6) is 0 Å². The number of carbonyl (C=O) groups excluding carboxylic acids is 1. The lowest BCUT2D eigenvalue weighted by Crippen LogP contribution is -2.32. The van der Waals surface area contributed by atoms with Crippen LogP contribution < -0.4 is 5.73 Å². The third-order valence-electron chi connectivity index (χ3n) is 3.61. The first-order valence-electron chi connectivity index (χ1n) is 6.85. The summed E-state index contributed by atoms with van der Waals surface area (Å²) in [7, 11) is 0. The monoisotopic (exact) mass is 245 g/mol. The van der Waals surface area contributed by atoms with Crippen LogP contribution in [0.15, 0.2) is 18.2 Å². The van der Waals surface area contributed by atoms with Gasteiger partial charge in [-0.25, -0.2) is 0 Å². The molecule has 2 heteroatoms. The summed E-state index contributed by atoms with van der Waals surface area (Å²) < 4.78 is 0. The number of Topliss-reactive ketones (excluding diaryl/α,β-unsaturated/α-hetero) is 1. The van der Waals surface area contributed by atoms with E-state index in [0.29, 0.717) is 18.6 Å². The van der Waals surface area contributed by atoms with E-state index in [0.717, 1.165) is 12.0 Å². The van der Waals surface area contributed by atoms with E-state index in [1.807, 2.05) is 13.8 Å². The molecule has 2 N–H and O–H groups in total. The minimum atomic E-state index is -0.242. The normalized spacial score (nSPS) is 14.6. The number of aryl methyl sites for hydroxylation is 2. The van der Waals surface area contributed by atoms with Crippen molar-refractivity contribution in [1.29, 1.82) is 0 Å². The number of carbonyl (C=O) groups is 1. The number of fused-ring (bicyclic) bond motifs is 1. The van der Waals surface area contributed by atoms with Gasteiger partial charge in [-0.15, -0.1) is 0 Å². The molecule has 0 aromatic heterocycles. The fraction of sp³-hybridized carbons (Fsp3) is 0.562. The molecule has 1 aromatic rings. The van der Waals surface area contributed by atoms with Crippen molar-refractivity contribution in [2.45, 2.75) is 57.9 Å². The quantitative estimate of drug-likeness (QED) is 0.866. The molecule has 0 unspecified atom stereocenters. The van der Waals surface area contributed by atoms with Gasteiger partial charge in [0.2, 0.25) is 0 Å².